The van der Waals surface area contributed by atoms with E-state index in [1.807, 2.05) is 24.3 Å². The topological polar surface area (TPSA) is 56.8 Å². The number of ether oxygens (including phenoxy) is 3. The molecule has 0 aliphatic rings. The number of hydrogen-bond acceptors (Lipinski definition) is 4. The van der Waals surface area contributed by atoms with Crippen LogP contribution in [0.3, 0.4) is 0 Å². The first kappa shape index (κ1) is 19.6. The van der Waals surface area contributed by atoms with Crippen molar-refractivity contribution in [2.75, 3.05) is 19.5 Å². The third kappa shape index (κ3) is 4.91. The van der Waals surface area contributed by atoms with Gasteiger partial charge in [0.2, 0.25) is 0 Å². The van der Waals surface area contributed by atoms with Gasteiger partial charge in [-0.05, 0) is 49.1 Å². The molecule has 0 aliphatic heterocycles. The Morgan fingerprint density at radius 2 is 1.65 bits per heavy atom. The van der Waals surface area contributed by atoms with E-state index in [2.05, 4.69) is 19.2 Å². The van der Waals surface area contributed by atoms with Crippen LogP contribution < -0.4 is 19.5 Å². The number of carbonyl (C=O) groups is 1. The van der Waals surface area contributed by atoms with E-state index < -0.39 is 6.10 Å². The maximum atomic E-state index is 12.4. The van der Waals surface area contributed by atoms with Gasteiger partial charge in [0.05, 0.1) is 14.2 Å². The van der Waals surface area contributed by atoms with E-state index in [1.165, 1.54) is 5.56 Å². The fourth-order valence-electron chi connectivity index (χ4n) is 2.53. The zero-order chi connectivity index (χ0) is 19.1. The third-order valence-corrected chi connectivity index (χ3v) is 4.39. The lowest BCUT2D eigenvalue weighted by Crippen LogP contribution is -2.30. The van der Waals surface area contributed by atoms with Gasteiger partial charge in [-0.25, -0.2) is 0 Å². The Labute approximate surface area is 155 Å². The van der Waals surface area contributed by atoms with Gasteiger partial charge in [-0.2, -0.15) is 0 Å². The lowest BCUT2D eigenvalue weighted by molar-refractivity contribution is -0.122. The van der Waals surface area contributed by atoms with Gasteiger partial charge in [-0.3, -0.25) is 4.79 Å². The summed E-state index contributed by atoms with van der Waals surface area (Å²) in [6.07, 6.45) is 0.460. The van der Waals surface area contributed by atoms with Crippen molar-refractivity contribution in [2.24, 2.45) is 0 Å². The van der Waals surface area contributed by atoms with Crippen LogP contribution in [0.25, 0.3) is 0 Å². The summed E-state index contributed by atoms with van der Waals surface area (Å²) in [5, 5.41) is 2.83. The van der Waals surface area contributed by atoms with Crippen LogP contribution in [-0.2, 0) is 4.79 Å². The van der Waals surface area contributed by atoms with Crippen LogP contribution >= 0.6 is 0 Å². The quantitative estimate of drug-likeness (QED) is 0.749. The number of nitrogens with one attached hydrogen (secondary N) is 1. The molecule has 0 unspecified atom stereocenters. The Morgan fingerprint density at radius 3 is 2.23 bits per heavy atom. The smallest absolute Gasteiger partial charge is 0.265 e. The number of amides is 1. The van der Waals surface area contributed by atoms with Crippen molar-refractivity contribution in [3.8, 4) is 17.2 Å². The Bertz CT molecular complexity index is 727. The molecule has 26 heavy (non-hydrogen) atoms. The van der Waals surface area contributed by atoms with Gasteiger partial charge in [0.25, 0.3) is 5.91 Å². The highest BCUT2D eigenvalue weighted by Crippen LogP contribution is 2.30. The molecule has 2 aromatic carbocycles. The Kier molecular flexibility index (Phi) is 6.89. The first-order valence-electron chi connectivity index (χ1n) is 8.78. The van der Waals surface area contributed by atoms with Crippen LogP contribution in [0.4, 0.5) is 5.69 Å². The molecule has 0 saturated heterocycles. The van der Waals surface area contributed by atoms with E-state index in [9.17, 15) is 4.79 Å². The minimum absolute atomic E-state index is 0.233. The van der Waals surface area contributed by atoms with Gasteiger partial charge in [-0.1, -0.05) is 26.0 Å². The summed E-state index contributed by atoms with van der Waals surface area (Å²) in [6, 6.07) is 13.1. The molecule has 1 amide bonds. The summed E-state index contributed by atoms with van der Waals surface area (Å²) >= 11 is 0. The molecule has 1 N–H and O–H groups in total. The number of methoxy groups -OCH3 is 2. The van der Waals surface area contributed by atoms with Crippen molar-refractivity contribution >= 4 is 11.6 Å². The maximum Gasteiger partial charge on any atom is 0.265 e. The summed E-state index contributed by atoms with van der Waals surface area (Å²) in [5.74, 6) is 2.11. The molecule has 5 heteroatoms. The molecule has 0 radical (unpaired) electrons. The second kappa shape index (κ2) is 9.13. The largest absolute Gasteiger partial charge is 0.493 e. The molecule has 140 valence electrons. The summed E-state index contributed by atoms with van der Waals surface area (Å²) < 4.78 is 16.2. The number of hydrogen-bond donors (Lipinski definition) is 1. The van der Waals surface area contributed by atoms with Crippen LogP contribution in [0.15, 0.2) is 42.5 Å². The fraction of sp³-hybridized carbons (Fsp3) is 0.381. The molecule has 0 bridgehead atoms. The van der Waals surface area contributed by atoms with Crippen molar-refractivity contribution < 1.29 is 19.0 Å². The van der Waals surface area contributed by atoms with Crippen molar-refractivity contribution in [1.29, 1.82) is 0 Å². The number of rotatable bonds is 8. The monoisotopic (exact) mass is 357 g/mol. The molecule has 0 heterocycles. The molecule has 5 nitrogen and oxygen atoms in total. The number of benzene rings is 2. The van der Waals surface area contributed by atoms with Gasteiger partial charge in [-0.15, -0.1) is 0 Å². The highest BCUT2D eigenvalue weighted by molar-refractivity contribution is 5.94. The van der Waals surface area contributed by atoms with Crippen molar-refractivity contribution in [2.45, 2.75) is 39.2 Å². The lowest BCUT2D eigenvalue weighted by Gasteiger charge is -2.16. The van der Waals surface area contributed by atoms with Gasteiger partial charge in [0, 0.05) is 11.8 Å². The molecule has 0 fully saturated rings. The van der Waals surface area contributed by atoms with Crippen LogP contribution in [0.5, 0.6) is 17.2 Å². The van der Waals surface area contributed by atoms with E-state index in [-0.39, 0.29) is 5.91 Å². The highest BCUT2D eigenvalue weighted by atomic mass is 16.5. The highest BCUT2D eigenvalue weighted by Gasteiger charge is 2.16. The maximum absolute atomic E-state index is 12.4. The second-order valence-electron chi connectivity index (χ2n) is 6.20. The average Bonchev–Trinajstić information content (AvgIpc) is 2.67. The second-order valence-corrected chi connectivity index (χ2v) is 6.20. The Morgan fingerprint density at radius 1 is 1.00 bits per heavy atom. The summed E-state index contributed by atoms with van der Waals surface area (Å²) in [7, 11) is 3.12. The van der Waals surface area contributed by atoms with Crippen LogP contribution in [0, 0.1) is 0 Å². The van der Waals surface area contributed by atoms with E-state index in [0.29, 0.717) is 28.9 Å². The molecule has 0 aromatic heterocycles. The van der Waals surface area contributed by atoms with Gasteiger partial charge in [0.1, 0.15) is 5.75 Å². The minimum Gasteiger partial charge on any atom is -0.493 e. The Balaban J connectivity index is 1.99. The molecule has 2 rings (SSSR count). The predicted octanol–water partition coefficient (Wildman–Crippen LogP) is 4.62. The zero-order valence-corrected chi connectivity index (χ0v) is 16.0. The SMILES string of the molecule is CC[C@@H](C)c1ccc(O[C@H](C)C(=O)Nc2ccc(OC)c(OC)c2)cc1. The predicted molar refractivity (Wildman–Crippen MR) is 103 cm³/mol. The molecule has 0 spiro atoms. The fourth-order valence-corrected chi connectivity index (χ4v) is 2.53. The van der Waals surface area contributed by atoms with Crippen molar-refractivity contribution in [3.05, 3.63) is 48.0 Å². The summed E-state index contributed by atoms with van der Waals surface area (Å²) in [5.41, 5.74) is 1.89. The van der Waals surface area contributed by atoms with Crippen LogP contribution in [-0.4, -0.2) is 26.2 Å². The van der Waals surface area contributed by atoms with Crippen LogP contribution in [0.1, 0.15) is 38.7 Å². The number of carbonyl (C=O) groups excluding carboxylic acids is 1. The minimum atomic E-state index is -0.627. The van der Waals surface area contributed by atoms with Crippen molar-refractivity contribution in [3.63, 3.8) is 0 Å². The van der Waals surface area contributed by atoms with E-state index in [4.69, 9.17) is 14.2 Å². The third-order valence-electron chi connectivity index (χ3n) is 4.39. The van der Waals surface area contributed by atoms with Gasteiger partial charge in [0.15, 0.2) is 17.6 Å². The molecular formula is C21H27NO4. The standard InChI is InChI=1S/C21H27NO4/c1-6-14(2)16-7-10-18(11-8-16)26-15(3)21(23)22-17-9-12-19(24-4)20(13-17)25-5/h7-15H,6H2,1-5H3,(H,22,23)/t14-,15-/m1/s1. The van der Waals surface area contributed by atoms with Gasteiger partial charge < -0.3 is 19.5 Å². The molecule has 0 saturated carbocycles. The molecule has 2 aromatic rings. The van der Waals surface area contributed by atoms with Gasteiger partial charge >= 0.3 is 0 Å². The zero-order valence-electron chi connectivity index (χ0n) is 16.0. The molecule has 0 aliphatic carbocycles. The van der Waals surface area contributed by atoms with E-state index in [0.717, 1.165) is 6.42 Å². The van der Waals surface area contributed by atoms with Crippen molar-refractivity contribution in [1.82, 2.24) is 0 Å². The summed E-state index contributed by atoms with van der Waals surface area (Å²) in [6.45, 7) is 6.07. The van der Waals surface area contributed by atoms with E-state index >= 15 is 0 Å². The van der Waals surface area contributed by atoms with Crippen LogP contribution in [0.2, 0.25) is 0 Å². The Hall–Kier alpha value is -2.69. The first-order valence-corrected chi connectivity index (χ1v) is 8.78. The molecule has 2 atom stereocenters. The molecular weight excluding hydrogens is 330 g/mol. The van der Waals surface area contributed by atoms with E-state index in [1.54, 1.807) is 39.3 Å². The summed E-state index contributed by atoms with van der Waals surface area (Å²) in [4.78, 5) is 12.4. The first-order chi connectivity index (χ1) is 12.5. The normalized spacial score (nSPS) is 12.8. The average molecular weight is 357 g/mol. The lowest BCUT2D eigenvalue weighted by atomic mass is 9.99. The number of anilines is 1.